The third kappa shape index (κ3) is 5.37. The molecule has 2 aliphatic heterocycles. The lowest BCUT2D eigenvalue weighted by molar-refractivity contribution is -0.142. The van der Waals surface area contributed by atoms with Crippen LogP contribution >= 0.6 is 0 Å². The van der Waals surface area contributed by atoms with E-state index in [1.54, 1.807) is 4.90 Å². The van der Waals surface area contributed by atoms with Crippen LogP contribution in [0.4, 0.5) is 0 Å². The average Bonchev–Trinajstić information content (AvgIpc) is 2.71. The first kappa shape index (κ1) is 21.8. The van der Waals surface area contributed by atoms with Crippen molar-refractivity contribution in [3.05, 3.63) is 35.4 Å². The van der Waals surface area contributed by atoms with Crippen molar-refractivity contribution in [2.45, 2.75) is 58.7 Å². The Bertz CT molecular complexity index is 726. The highest BCUT2D eigenvalue weighted by atomic mass is 16.5. The van der Waals surface area contributed by atoms with E-state index in [1.165, 1.54) is 0 Å². The molecule has 2 heterocycles. The summed E-state index contributed by atoms with van der Waals surface area (Å²) in [6.45, 7) is 12.6. The van der Waals surface area contributed by atoms with Crippen LogP contribution < -0.4 is 5.32 Å². The van der Waals surface area contributed by atoms with Crippen LogP contribution in [0.25, 0.3) is 0 Å². The third-order valence-electron chi connectivity index (χ3n) is 6.02. The van der Waals surface area contributed by atoms with Crippen LogP contribution in [0.5, 0.6) is 0 Å². The second-order valence-corrected chi connectivity index (χ2v) is 9.24. The molecule has 0 aromatic heterocycles. The quantitative estimate of drug-likeness (QED) is 0.794. The van der Waals surface area contributed by atoms with Gasteiger partial charge in [0.1, 0.15) is 6.04 Å². The number of hydrogen-bond donors (Lipinski definition) is 1. The van der Waals surface area contributed by atoms with Gasteiger partial charge in [-0.1, -0.05) is 38.1 Å². The zero-order chi connectivity index (χ0) is 21.0. The molecule has 0 spiro atoms. The Morgan fingerprint density at radius 3 is 2.48 bits per heavy atom. The van der Waals surface area contributed by atoms with E-state index in [0.29, 0.717) is 25.9 Å². The summed E-state index contributed by atoms with van der Waals surface area (Å²) in [4.78, 5) is 30.2. The van der Waals surface area contributed by atoms with Gasteiger partial charge >= 0.3 is 0 Å². The molecule has 0 bridgehead atoms. The molecule has 0 radical (unpaired) electrons. The normalized spacial score (nSPS) is 20.4. The summed E-state index contributed by atoms with van der Waals surface area (Å²) in [6, 6.07) is 7.67. The largest absolute Gasteiger partial charge is 0.379 e. The molecule has 2 amide bonds. The molecule has 6 heteroatoms. The van der Waals surface area contributed by atoms with E-state index < -0.39 is 6.04 Å². The van der Waals surface area contributed by atoms with Gasteiger partial charge in [0.05, 0.1) is 13.2 Å². The van der Waals surface area contributed by atoms with Crippen molar-refractivity contribution in [3.63, 3.8) is 0 Å². The number of nitrogens with zero attached hydrogens (tertiary/aromatic N) is 2. The number of rotatable bonds is 6. The molecule has 1 aromatic rings. The summed E-state index contributed by atoms with van der Waals surface area (Å²) in [7, 11) is 0. The van der Waals surface area contributed by atoms with Gasteiger partial charge in [-0.3, -0.25) is 14.5 Å². The van der Waals surface area contributed by atoms with E-state index in [2.05, 4.69) is 36.2 Å². The van der Waals surface area contributed by atoms with Crippen molar-refractivity contribution in [2.24, 2.45) is 5.92 Å². The van der Waals surface area contributed by atoms with Gasteiger partial charge in [-0.15, -0.1) is 0 Å². The van der Waals surface area contributed by atoms with Gasteiger partial charge in [0.15, 0.2) is 0 Å². The van der Waals surface area contributed by atoms with Crippen LogP contribution in [0.15, 0.2) is 24.3 Å². The summed E-state index contributed by atoms with van der Waals surface area (Å²) in [5, 5.41) is 3.14. The van der Waals surface area contributed by atoms with Crippen LogP contribution in [0.3, 0.4) is 0 Å². The second-order valence-electron chi connectivity index (χ2n) is 9.24. The number of carbonyl (C=O) groups excluding carboxylic acids is 2. The van der Waals surface area contributed by atoms with Gasteiger partial charge in [-0.05, 0) is 30.9 Å². The van der Waals surface area contributed by atoms with Crippen molar-refractivity contribution < 1.29 is 14.3 Å². The molecule has 1 fully saturated rings. The second kappa shape index (κ2) is 9.26. The zero-order valence-corrected chi connectivity index (χ0v) is 18.2. The van der Waals surface area contributed by atoms with E-state index >= 15 is 0 Å². The van der Waals surface area contributed by atoms with E-state index in [9.17, 15) is 9.59 Å². The Balaban J connectivity index is 1.71. The number of morpholine rings is 1. The predicted octanol–water partition coefficient (Wildman–Crippen LogP) is 2.21. The van der Waals surface area contributed by atoms with Crippen LogP contribution in [0.2, 0.25) is 0 Å². The topological polar surface area (TPSA) is 61.9 Å². The first-order chi connectivity index (χ1) is 13.8. The number of amides is 2. The van der Waals surface area contributed by atoms with E-state index in [0.717, 1.165) is 37.4 Å². The summed E-state index contributed by atoms with van der Waals surface area (Å²) in [5.74, 6) is 0.267. The Morgan fingerprint density at radius 2 is 1.83 bits per heavy atom. The Labute approximate surface area is 174 Å². The van der Waals surface area contributed by atoms with Crippen LogP contribution in [0, 0.1) is 5.92 Å². The van der Waals surface area contributed by atoms with Crippen molar-refractivity contribution in [2.75, 3.05) is 32.8 Å². The van der Waals surface area contributed by atoms with Crippen LogP contribution in [0.1, 0.15) is 45.2 Å². The van der Waals surface area contributed by atoms with Gasteiger partial charge in [-0.2, -0.15) is 0 Å². The first-order valence-corrected chi connectivity index (χ1v) is 10.7. The highest BCUT2D eigenvalue weighted by Crippen LogP contribution is 2.25. The van der Waals surface area contributed by atoms with Crippen LogP contribution in [-0.4, -0.2) is 66.0 Å². The molecule has 1 saturated heterocycles. The Hall–Kier alpha value is -1.92. The number of hydrogen-bond acceptors (Lipinski definition) is 4. The van der Waals surface area contributed by atoms with E-state index in [4.69, 9.17) is 4.74 Å². The van der Waals surface area contributed by atoms with Gasteiger partial charge < -0.3 is 15.0 Å². The van der Waals surface area contributed by atoms with E-state index in [-0.39, 0.29) is 23.3 Å². The highest BCUT2D eigenvalue weighted by molar-refractivity contribution is 5.88. The Morgan fingerprint density at radius 1 is 1.17 bits per heavy atom. The SMILES string of the molecule is CC(C)CC(=O)N1Cc2ccccc2CC1C(=O)NCC(C)(C)N1CCOCC1. The minimum Gasteiger partial charge on any atom is -0.379 e. The summed E-state index contributed by atoms with van der Waals surface area (Å²) >= 11 is 0. The molecule has 160 valence electrons. The predicted molar refractivity (Wildman–Crippen MR) is 113 cm³/mol. The highest BCUT2D eigenvalue weighted by Gasteiger charge is 2.36. The fourth-order valence-electron chi connectivity index (χ4n) is 4.19. The lowest BCUT2D eigenvalue weighted by Gasteiger charge is -2.42. The van der Waals surface area contributed by atoms with Crippen molar-refractivity contribution in [3.8, 4) is 0 Å². The molecule has 1 unspecified atom stereocenters. The smallest absolute Gasteiger partial charge is 0.243 e. The maximum atomic E-state index is 13.2. The van der Waals surface area contributed by atoms with Crippen LogP contribution in [-0.2, 0) is 27.3 Å². The summed E-state index contributed by atoms with van der Waals surface area (Å²) in [5.41, 5.74) is 2.15. The summed E-state index contributed by atoms with van der Waals surface area (Å²) < 4.78 is 5.45. The lowest BCUT2D eigenvalue weighted by Crippen LogP contribution is -2.58. The van der Waals surface area contributed by atoms with Crippen molar-refractivity contribution in [1.29, 1.82) is 0 Å². The standard InChI is InChI=1S/C23H35N3O3/c1-17(2)13-21(27)26-15-19-8-6-5-7-18(19)14-20(26)22(28)24-16-23(3,4)25-9-11-29-12-10-25/h5-8,17,20H,9-16H2,1-4H3,(H,24,28). The van der Waals surface area contributed by atoms with Gasteiger partial charge in [0.25, 0.3) is 0 Å². The lowest BCUT2D eigenvalue weighted by atomic mass is 9.92. The summed E-state index contributed by atoms with van der Waals surface area (Å²) in [6.07, 6.45) is 1.04. The molecule has 0 aliphatic carbocycles. The number of nitrogens with one attached hydrogen (secondary N) is 1. The van der Waals surface area contributed by atoms with Crippen molar-refractivity contribution in [1.82, 2.24) is 15.1 Å². The molecule has 6 nitrogen and oxygen atoms in total. The van der Waals surface area contributed by atoms with Crippen molar-refractivity contribution >= 4 is 11.8 Å². The molecule has 2 aliphatic rings. The number of ether oxygens (including phenoxy) is 1. The number of carbonyl (C=O) groups is 2. The molecular formula is C23H35N3O3. The van der Waals surface area contributed by atoms with E-state index in [1.807, 2.05) is 26.0 Å². The molecule has 1 aromatic carbocycles. The molecule has 1 atom stereocenters. The third-order valence-corrected chi connectivity index (χ3v) is 6.02. The molecule has 3 rings (SSSR count). The fourth-order valence-corrected chi connectivity index (χ4v) is 4.19. The zero-order valence-electron chi connectivity index (χ0n) is 18.2. The minimum atomic E-state index is -0.448. The molecule has 29 heavy (non-hydrogen) atoms. The fraction of sp³-hybridized carbons (Fsp3) is 0.652. The monoisotopic (exact) mass is 401 g/mol. The molecular weight excluding hydrogens is 366 g/mol. The number of benzene rings is 1. The number of fused-ring (bicyclic) bond motifs is 1. The van der Waals surface area contributed by atoms with Gasteiger partial charge in [0.2, 0.25) is 11.8 Å². The first-order valence-electron chi connectivity index (χ1n) is 10.7. The maximum Gasteiger partial charge on any atom is 0.243 e. The van der Waals surface area contributed by atoms with Gasteiger partial charge in [-0.25, -0.2) is 0 Å². The molecule has 0 saturated carbocycles. The average molecular weight is 402 g/mol. The van der Waals surface area contributed by atoms with Gasteiger partial charge in [0, 0.05) is 44.6 Å². The maximum absolute atomic E-state index is 13.2. The minimum absolute atomic E-state index is 0.0575. The molecule has 1 N–H and O–H groups in total. The Kier molecular flexibility index (Phi) is 6.96.